The molecule has 1 nitrogen and oxygen atoms in total. The zero-order chi connectivity index (χ0) is 9.07. The molecule has 68 valence electrons. The number of rotatable bonds is 0. The second-order valence-electron chi connectivity index (χ2n) is 3.72. The average molecular weight is 269 g/mol. The Morgan fingerprint density at radius 1 is 1.36 bits per heavy atom. The Morgan fingerprint density at radius 2 is 1.82 bits per heavy atom. The maximum absolute atomic E-state index is 2.51. The van der Waals surface area contributed by atoms with E-state index < -0.39 is 0 Å². The van der Waals surface area contributed by atoms with E-state index in [1.54, 1.807) is 0 Å². The lowest BCUT2D eigenvalue weighted by Gasteiger charge is -2.15. The topological polar surface area (TPSA) is 3.24 Å². The summed E-state index contributed by atoms with van der Waals surface area (Å²) < 4.78 is 0.762. The molecule has 1 aliphatic rings. The van der Waals surface area contributed by atoms with Crippen LogP contribution in [0.25, 0.3) is 0 Å². The number of alkyl halides is 1. The molecule has 0 bridgehead atoms. The second kappa shape index (κ2) is 4.65. The lowest BCUT2D eigenvalue weighted by atomic mass is 9.93. The minimum Gasteiger partial charge on any atom is -0.294 e. The van der Waals surface area contributed by atoms with Gasteiger partial charge in [0.15, 0.2) is 0 Å². The Hall–Kier alpha value is 0.690. The van der Waals surface area contributed by atoms with E-state index in [1.165, 1.54) is 13.0 Å². The maximum atomic E-state index is 2.51. The highest BCUT2D eigenvalue weighted by Gasteiger charge is 2.33. The van der Waals surface area contributed by atoms with Crippen LogP contribution in [0.2, 0.25) is 0 Å². The first-order valence-corrected chi connectivity index (χ1v) is 5.60. The number of halogens is 1. The van der Waals surface area contributed by atoms with E-state index in [2.05, 4.69) is 48.4 Å². The van der Waals surface area contributed by atoms with Gasteiger partial charge in [0.2, 0.25) is 0 Å². The molecule has 0 aromatic carbocycles. The maximum Gasteiger partial charge on any atom is 0.0621 e. The van der Waals surface area contributed by atoms with Gasteiger partial charge in [-0.05, 0) is 18.9 Å². The van der Waals surface area contributed by atoms with Crippen molar-refractivity contribution >= 4 is 22.6 Å². The monoisotopic (exact) mass is 269 g/mol. The predicted molar refractivity (Wildman–Crippen MR) is 60.2 cm³/mol. The fourth-order valence-electron chi connectivity index (χ4n) is 1.45. The predicted octanol–water partition coefficient (Wildman–Crippen LogP) is 3.14. The average Bonchev–Trinajstić information content (AvgIpc) is 2.10. The second-order valence-corrected chi connectivity index (χ2v) is 5.16. The first kappa shape index (κ1) is 11.7. The minimum atomic E-state index is 0.556. The highest BCUT2D eigenvalue weighted by Crippen LogP contribution is 2.35. The minimum absolute atomic E-state index is 0.556. The Labute approximate surface area is 84.7 Å². The molecule has 1 aliphatic heterocycles. The van der Waals surface area contributed by atoms with Gasteiger partial charge >= 0.3 is 0 Å². The third-order valence-electron chi connectivity index (χ3n) is 1.88. The van der Waals surface area contributed by atoms with Crippen LogP contribution >= 0.6 is 22.6 Å². The van der Waals surface area contributed by atoms with E-state index in [0.717, 1.165) is 4.05 Å². The zero-order valence-corrected chi connectivity index (χ0v) is 10.5. The van der Waals surface area contributed by atoms with Crippen LogP contribution in [-0.2, 0) is 0 Å². The van der Waals surface area contributed by atoms with E-state index >= 15 is 0 Å². The highest BCUT2D eigenvalue weighted by molar-refractivity contribution is 14.1. The smallest absolute Gasteiger partial charge is 0.0621 e. The van der Waals surface area contributed by atoms with Gasteiger partial charge in [-0.1, -0.05) is 50.3 Å². The van der Waals surface area contributed by atoms with Crippen LogP contribution in [0.5, 0.6) is 0 Å². The Balaban J connectivity index is 0.000000461. The normalized spacial score (nSPS) is 29.5. The van der Waals surface area contributed by atoms with Gasteiger partial charge in [0.05, 0.1) is 4.05 Å². The van der Waals surface area contributed by atoms with Gasteiger partial charge in [0.25, 0.3) is 0 Å². The molecule has 0 aromatic rings. The summed E-state index contributed by atoms with van der Waals surface area (Å²) in [6, 6.07) is 0. The number of likely N-dealkylation sites (tertiary alicyclic amines) is 1. The molecule has 0 saturated carbocycles. The molecule has 0 radical (unpaired) electrons. The van der Waals surface area contributed by atoms with Crippen molar-refractivity contribution in [3.8, 4) is 0 Å². The Kier molecular flexibility index (Phi) is 4.94. The van der Waals surface area contributed by atoms with Crippen LogP contribution in [0.1, 0.15) is 34.1 Å². The highest BCUT2D eigenvalue weighted by atomic mass is 127. The van der Waals surface area contributed by atoms with Crippen LogP contribution in [0.3, 0.4) is 0 Å². The van der Waals surface area contributed by atoms with Gasteiger partial charge in [-0.3, -0.25) is 4.90 Å². The van der Waals surface area contributed by atoms with Crippen LogP contribution in [0.15, 0.2) is 0 Å². The SMILES string of the molecule is CC.CN1CC(C)(C)CC1I. The molecule has 0 spiro atoms. The molecule has 1 unspecified atom stereocenters. The number of hydrogen-bond acceptors (Lipinski definition) is 1. The van der Waals surface area contributed by atoms with Crippen molar-refractivity contribution in [2.45, 2.75) is 38.2 Å². The fraction of sp³-hybridized carbons (Fsp3) is 1.00. The molecular formula is C9H20IN. The van der Waals surface area contributed by atoms with E-state index in [0.29, 0.717) is 5.41 Å². The molecular weight excluding hydrogens is 249 g/mol. The molecule has 0 aliphatic carbocycles. The molecule has 0 amide bonds. The van der Waals surface area contributed by atoms with Gasteiger partial charge in [0.1, 0.15) is 0 Å². The first-order chi connectivity index (χ1) is 5.01. The summed E-state index contributed by atoms with van der Waals surface area (Å²) >= 11 is 2.51. The largest absolute Gasteiger partial charge is 0.294 e. The summed E-state index contributed by atoms with van der Waals surface area (Å²) in [5, 5.41) is 0. The van der Waals surface area contributed by atoms with Crippen molar-refractivity contribution < 1.29 is 0 Å². The van der Waals surface area contributed by atoms with Gasteiger partial charge < -0.3 is 0 Å². The van der Waals surface area contributed by atoms with Crippen molar-refractivity contribution in [2.24, 2.45) is 5.41 Å². The molecule has 2 heteroatoms. The fourth-order valence-corrected chi connectivity index (χ4v) is 2.84. The Morgan fingerprint density at radius 3 is 1.91 bits per heavy atom. The van der Waals surface area contributed by atoms with Crippen molar-refractivity contribution in [2.75, 3.05) is 13.6 Å². The molecule has 11 heavy (non-hydrogen) atoms. The quantitative estimate of drug-likeness (QED) is 0.371. The van der Waals surface area contributed by atoms with Gasteiger partial charge in [-0.2, -0.15) is 0 Å². The lowest BCUT2D eigenvalue weighted by molar-refractivity contribution is 0.334. The first-order valence-electron chi connectivity index (χ1n) is 4.36. The molecule has 0 aromatic heterocycles. The summed E-state index contributed by atoms with van der Waals surface area (Å²) in [7, 11) is 2.20. The van der Waals surface area contributed by atoms with Crippen LogP contribution in [-0.4, -0.2) is 22.5 Å². The van der Waals surface area contributed by atoms with E-state index in [1.807, 2.05) is 13.8 Å². The number of hydrogen-bond donors (Lipinski definition) is 0. The van der Waals surface area contributed by atoms with Crippen molar-refractivity contribution in [3.05, 3.63) is 0 Å². The standard InChI is InChI=1S/C7H14IN.C2H6/c1-7(2)4-6(8)9(3)5-7;1-2/h6H,4-5H2,1-3H3;1-2H3. The van der Waals surface area contributed by atoms with E-state index in [9.17, 15) is 0 Å². The molecule has 1 rings (SSSR count). The van der Waals surface area contributed by atoms with Crippen LogP contribution in [0.4, 0.5) is 0 Å². The number of nitrogens with zero attached hydrogens (tertiary/aromatic N) is 1. The van der Waals surface area contributed by atoms with Crippen molar-refractivity contribution in [3.63, 3.8) is 0 Å². The summed E-state index contributed by atoms with van der Waals surface area (Å²) in [6.07, 6.45) is 1.34. The third-order valence-corrected chi connectivity index (χ3v) is 3.27. The molecule has 1 heterocycles. The summed E-state index contributed by atoms with van der Waals surface area (Å²) in [6.45, 7) is 9.92. The summed E-state index contributed by atoms with van der Waals surface area (Å²) in [5.41, 5.74) is 0.556. The van der Waals surface area contributed by atoms with E-state index in [4.69, 9.17) is 0 Å². The van der Waals surface area contributed by atoms with Crippen LogP contribution < -0.4 is 0 Å². The molecule has 0 N–H and O–H groups in total. The van der Waals surface area contributed by atoms with Crippen LogP contribution in [0, 0.1) is 5.41 Å². The van der Waals surface area contributed by atoms with Gasteiger partial charge in [-0.25, -0.2) is 0 Å². The van der Waals surface area contributed by atoms with Gasteiger partial charge in [0, 0.05) is 6.54 Å². The molecule has 1 fully saturated rings. The van der Waals surface area contributed by atoms with Gasteiger partial charge in [-0.15, -0.1) is 0 Å². The molecule has 1 saturated heterocycles. The van der Waals surface area contributed by atoms with Crippen molar-refractivity contribution in [1.82, 2.24) is 4.90 Å². The summed E-state index contributed by atoms with van der Waals surface area (Å²) in [5.74, 6) is 0. The molecule has 1 atom stereocenters. The van der Waals surface area contributed by atoms with Crippen molar-refractivity contribution in [1.29, 1.82) is 0 Å². The zero-order valence-electron chi connectivity index (χ0n) is 8.32. The third kappa shape index (κ3) is 3.74. The van der Waals surface area contributed by atoms with E-state index in [-0.39, 0.29) is 0 Å². The summed E-state index contributed by atoms with van der Waals surface area (Å²) in [4.78, 5) is 2.42. The lowest BCUT2D eigenvalue weighted by Crippen LogP contribution is -2.20. The Bertz CT molecular complexity index is 100.